The Kier molecular flexibility index (Phi) is 5.94. The molecule has 4 nitrogen and oxygen atoms in total. The van der Waals surface area contributed by atoms with Gasteiger partial charge in [-0.15, -0.1) is 0 Å². The summed E-state index contributed by atoms with van der Waals surface area (Å²) in [4.78, 5) is 13.4. The first-order chi connectivity index (χ1) is 10.1. The first kappa shape index (κ1) is 16.2. The molecule has 5 heteroatoms. The summed E-state index contributed by atoms with van der Waals surface area (Å²) in [6.07, 6.45) is 1.11. The molecule has 21 heavy (non-hydrogen) atoms. The Morgan fingerprint density at radius 2 is 2.29 bits per heavy atom. The minimum absolute atomic E-state index is 0.131. The van der Waals surface area contributed by atoms with Gasteiger partial charge in [0.2, 0.25) is 0 Å². The molecule has 0 aromatic heterocycles. The predicted octanol–water partition coefficient (Wildman–Crippen LogP) is 2.52. The van der Waals surface area contributed by atoms with E-state index >= 15 is 0 Å². The summed E-state index contributed by atoms with van der Waals surface area (Å²) < 4.78 is 5.41. The first-order valence-electron chi connectivity index (χ1n) is 7.29. The monoisotopic (exact) mass is 309 g/mol. The quantitative estimate of drug-likeness (QED) is 0.875. The molecule has 116 valence electrons. The van der Waals surface area contributed by atoms with E-state index in [1.807, 2.05) is 30.0 Å². The first-order valence-corrected chi connectivity index (χ1v) is 8.44. The number of nitrogens with zero attached hydrogens (tertiary/aromatic N) is 1. The molecule has 1 N–H and O–H groups in total. The van der Waals surface area contributed by atoms with Gasteiger partial charge in [0.25, 0.3) is 0 Å². The Morgan fingerprint density at radius 3 is 3.00 bits per heavy atom. The van der Waals surface area contributed by atoms with Gasteiger partial charge in [-0.2, -0.15) is 11.8 Å². The van der Waals surface area contributed by atoms with Crippen molar-refractivity contribution >= 4 is 17.7 Å². The highest BCUT2D eigenvalue weighted by Gasteiger charge is 2.28. The molecule has 1 saturated heterocycles. The summed E-state index contributed by atoms with van der Waals surface area (Å²) in [7, 11) is 1.69. The number of aliphatic carboxylic acids is 1. The van der Waals surface area contributed by atoms with Crippen molar-refractivity contribution in [3.8, 4) is 5.75 Å². The molecule has 1 aliphatic rings. The van der Waals surface area contributed by atoms with Crippen LogP contribution in [0.15, 0.2) is 24.3 Å². The third kappa shape index (κ3) is 4.38. The lowest BCUT2D eigenvalue weighted by molar-refractivity contribution is -0.138. The molecular weight excluding hydrogens is 286 g/mol. The van der Waals surface area contributed by atoms with Gasteiger partial charge in [-0.25, -0.2) is 0 Å². The fourth-order valence-corrected chi connectivity index (χ4v) is 4.02. The third-order valence-electron chi connectivity index (χ3n) is 3.96. The van der Waals surface area contributed by atoms with E-state index in [0.717, 1.165) is 30.2 Å². The molecule has 0 radical (unpaired) electrons. The Morgan fingerprint density at radius 1 is 1.52 bits per heavy atom. The molecule has 2 atom stereocenters. The highest BCUT2D eigenvalue weighted by atomic mass is 32.2. The lowest BCUT2D eigenvalue weighted by Gasteiger charge is -2.39. The minimum atomic E-state index is -0.711. The molecular formula is C16H23NO3S. The van der Waals surface area contributed by atoms with Crippen LogP contribution < -0.4 is 4.74 Å². The maximum Gasteiger partial charge on any atom is 0.304 e. The number of benzene rings is 1. The third-order valence-corrected chi connectivity index (χ3v) is 5.05. The van der Waals surface area contributed by atoms with E-state index in [1.54, 1.807) is 7.11 Å². The molecule has 0 amide bonds. The second-order valence-corrected chi connectivity index (χ2v) is 6.58. The Hall–Kier alpha value is -1.20. The molecule has 0 spiro atoms. The zero-order chi connectivity index (χ0) is 15.2. The highest BCUT2D eigenvalue weighted by molar-refractivity contribution is 7.99. The molecule has 1 aromatic rings. The number of para-hydroxylation sites is 1. The second kappa shape index (κ2) is 7.71. The minimum Gasteiger partial charge on any atom is -0.496 e. The van der Waals surface area contributed by atoms with Gasteiger partial charge >= 0.3 is 5.97 Å². The average molecular weight is 309 g/mol. The summed E-state index contributed by atoms with van der Waals surface area (Å²) >= 11 is 1.85. The number of hydrogen-bond acceptors (Lipinski definition) is 4. The molecule has 1 aliphatic heterocycles. The van der Waals surface area contributed by atoms with E-state index in [4.69, 9.17) is 9.84 Å². The largest absolute Gasteiger partial charge is 0.496 e. The van der Waals surface area contributed by atoms with Crippen molar-refractivity contribution in [2.24, 2.45) is 0 Å². The maximum atomic E-state index is 11.0. The van der Waals surface area contributed by atoms with Crippen LogP contribution in [0.3, 0.4) is 0 Å². The number of carboxylic acid groups (broad SMARTS) is 1. The van der Waals surface area contributed by atoms with Crippen molar-refractivity contribution in [1.29, 1.82) is 0 Å². The van der Waals surface area contributed by atoms with Gasteiger partial charge in [0.05, 0.1) is 13.5 Å². The summed E-state index contributed by atoms with van der Waals surface area (Å²) in [6.45, 7) is 3.14. The van der Waals surface area contributed by atoms with Crippen molar-refractivity contribution < 1.29 is 14.6 Å². The highest BCUT2D eigenvalue weighted by Crippen LogP contribution is 2.25. The molecule has 0 saturated carbocycles. The average Bonchev–Trinajstić information content (AvgIpc) is 2.47. The van der Waals surface area contributed by atoms with Gasteiger partial charge < -0.3 is 9.84 Å². The number of carbonyl (C=O) groups is 1. The van der Waals surface area contributed by atoms with Gasteiger partial charge in [-0.05, 0) is 25.0 Å². The topological polar surface area (TPSA) is 49.8 Å². The smallest absolute Gasteiger partial charge is 0.304 e. The van der Waals surface area contributed by atoms with Gasteiger partial charge in [-0.3, -0.25) is 9.69 Å². The zero-order valence-electron chi connectivity index (χ0n) is 12.6. The van der Waals surface area contributed by atoms with Crippen LogP contribution >= 0.6 is 11.8 Å². The second-order valence-electron chi connectivity index (χ2n) is 5.43. The zero-order valence-corrected chi connectivity index (χ0v) is 13.4. The van der Waals surface area contributed by atoms with Crippen LogP contribution in [0.2, 0.25) is 0 Å². The predicted molar refractivity (Wildman–Crippen MR) is 86.2 cm³/mol. The molecule has 2 unspecified atom stereocenters. The number of thioether (sulfide) groups is 1. The van der Waals surface area contributed by atoms with E-state index in [1.165, 1.54) is 5.56 Å². The number of carboxylic acids is 1. The number of hydrogen-bond donors (Lipinski definition) is 1. The molecule has 0 aliphatic carbocycles. The van der Waals surface area contributed by atoms with Crippen LogP contribution in [0.5, 0.6) is 5.75 Å². The van der Waals surface area contributed by atoms with Crippen LogP contribution in [-0.4, -0.2) is 53.2 Å². The van der Waals surface area contributed by atoms with Crippen LogP contribution in [0.1, 0.15) is 18.9 Å². The standard InChI is InChI=1S/C16H23NO3S/c1-12(9-13-5-3-4-6-15(13)20-2)17-7-8-21-11-14(17)10-16(18)19/h3-6,12,14H,7-11H2,1-2H3,(H,18,19). The van der Waals surface area contributed by atoms with Crippen molar-refractivity contribution in [3.05, 3.63) is 29.8 Å². The number of rotatable bonds is 6. The molecule has 2 rings (SSSR count). The van der Waals surface area contributed by atoms with E-state index in [0.29, 0.717) is 6.04 Å². The molecule has 1 heterocycles. The Labute approximate surface area is 130 Å². The van der Waals surface area contributed by atoms with Crippen molar-refractivity contribution in [2.45, 2.75) is 31.8 Å². The number of methoxy groups -OCH3 is 1. The maximum absolute atomic E-state index is 11.0. The molecule has 0 bridgehead atoms. The van der Waals surface area contributed by atoms with Gasteiger partial charge in [0.15, 0.2) is 0 Å². The number of ether oxygens (including phenoxy) is 1. The van der Waals surface area contributed by atoms with Crippen molar-refractivity contribution in [2.75, 3.05) is 25.2 Å². The Bertz CT molecular complexity index is 480. The van der Waals surface area contributed by atoms with E-state index in [9.17, 15) is 4.79 Å². The summed E-state index contributed by atoms with van der Waals surface area (Å²) in [5, 5.41) is 9.08. The summed E-state index contributed by atoms with van der Waals surface area (Å²) in [5.74, 6) is 2.18. The van der Waals surface area contributed by atoms with Crippen LogP contribution in [0, 0.1) is 0 Å². The van der Waals surface area contributed by atoms with E-state index in [-0.39, 0.29) is 12.5 Å². The van der Waals surface area contributed by atoms with Gasteiger partial charge in [0.1, 0.15) is 5.75 Å². The van der Waals surface area contributed by atoms with Crippen LogP contribution in [0.25, 0.3) is 0 Å². The Balaban J connectivity index is 2.06. The SMILES string of the molecule is COc1ccccc1CC(C)N1CCSCC1CC(=O)O. The summed E-state index contributed by atoms with van der Waals surface area (Å²) in [5.41, 5.74) is 1.18. The fraction of sp³-hybridized carbons (Fsp3) is 0.562. The van der Waals surface area contributed by atoms with E-state index < -0.39 is 5.97 Å². The van der Waals surface area contributed by atoms with Crippen LogP contribution in [-0.2, 0) is 11.2 Å². The lowest BCUT2D eigenvalue weighted by atomic mass is 10.0. The van der Waals surface area contributed by atoms with Gasteiger partial charge in [0, 0.05) is 30.1 Å². The fourth-order valence-electron chi connectivity index (χ4n) is 2.93. The van der Waals surface area contributed by atoms with Crippen LogP contribution in [0.4, 0.5) is 0 Å². The van der Waals surface area contributed by atoms with E-state index in [2.05, 4.69) is 17.9 Å². The van der Waals surface area contributed by atoms with Crippen molar-refractivity contribution in [1.82, 2.24) is 4.90 Å². The molecule has 1 fully saturated rings. The van der Waals surface area contributed by atoms with Gasteiger partial charge in [-0.1, -0.05) is 18.2 Å². The van der Waals surface area contributed by atoms with Crippen molar-refractivity contribution in [3.63, 3.8) is 0 Å². The molecule has 1 aromatic carbocycles. The summed E-state index contributed by atoms with van der Waals surface area (Å²) in [6, 6.07) is 8.49. The normalized spacial score (nSPS) is 21.0. The lowest BCUT2D eigenvalue weighted by Crippen LogP contribution is -2.49.